The van der Waals surface area contributed by atoms with Crippen LogP contribution in [0.25, 0.3) is 10.9 Å². The minimum atomic E-state index is -1.54. The number of anilines is 1. The molecule has 1 aliphatic heterocycles. The number of aromatic nitrogens is 2. The van der Waals surface area contributed by atoms with E-state index in [0.717, 1.165) is 6.42 Å². The van der Waals surface area contributed by atoms with Gasteiger partial charge in [-0.3, -0.25) is 9.36 Å². The van der Waals surface area contributed by atoms with Crippen LogP contribution in [-0.4, -0.2) is 51.8 Å². The van der Waals surface area contributed by atoms with Gasteiger partial charge in [0, 0.05) is 25.7 Å². The molecule has 2 amide bonds. The Morgan fingerprint density at radius 1 is 1.20 bits per heavy atom. The quantitative estimate of drug-likeness (QED) is 0.542. The fourth-order valence-corrected chi connectivity index (χ4v) is 5.09. The zero-order valence-corrected chi connectivity index (χ0v) is 21.1. The van der Waals surface area contributed by atoms with Crippen molar-refractivity contribution in [1.29, 1.82) is 0 Å². The first-order chi connectivity index (χ1) is 16.4. The lowest BCUT2D eigenvalue weighted by molar-refractivity contribution is 0.0520. The van der Waals surface area contributed by atoms with Gasteiger partial charge in [0.05, 0.1) is 26.6 Å². The monoisotopic (exact) mass is 527 g/mol. The molecule has 0 bridgehead atoms. The molecule has 1 aromatic heterocycles. The highest BCUT2D eigenvalue weighted by Crippen LogP contribution is 2.43. The average Bonchev–Trinajstić information content (AvgIpc) is 3.47. The van der Waals surface area contributed by atoms with Gasteiger partial charge in [0.1, 0.15) is 5.60 Å². The normalized spacial score (nSPS) is 18.1. The average molecular weight is 528 g/mol. The highest BCUT2D eigenvalue weighted by atomic mass is 35.5. The molecule has 11 nitrogen and oxygen atoms in total. The number of rotatable bonds is 5. The van der Waals surface area contributed by atoms with Gasteiger partial charge in [-0.1, -0.05) is 23.2 Å². The minimum Gasteiger partial charge on any atom is -0.464 e. The van der Waals surface area contributed by atoms with Crippen LogP contribution in [0.2, 0.25) is 10.0 Å². The van der Waals surface area contributed by atoms with Gasteiger partial charge < -0.3 is 20.1 Å². The number of hydrogen-bond acceptors (Lipinski definition) is 6. The lowest BCUT2D eigenvalue weighted by Gasteiger charge is -2.24. The summed E-state index contributed by atoms with van der Waals surface area (Å²) < 4.78 is 7.11. The smallest absolute Gasteiger partial charge is 0.424 e. The van der Waals surface area contributed by atoms with E-state index in [1.807, 2.05) is 10.3 Å². The molecule has 1 atom stereocenters. The van der Waals surface area contributed by atoms with Crippen LogP contribution in [0.5, 0.6) is 0 Å². The standard InChI is InChI=1S/C22H27Cl2N5O6/c1-22(2,3)35-20(33)25-9-11-6-7-27(10-11)17-14(23)8-13-16(15(17)24)28(12-4-5-12)21(34)29(18(13)30)26-19(31)32/h8,11-12,26H,4-7,9-10H2,1-3H3,(H,25,33)(H,31,32). The summed E-state index contributed by atoms with van der Waals surface area (Å²) in [5.74, 6) is 0.115. The summed E-state index contributed by atoms with van der Waals surface area (Å²) in [5.41, 5.74) is 0.352. The zero-order chi connectivity index (χ0) is 25.7. The lowest BCUT2D eigenvalue weighted by Crippen LogP contribution is -2.46. The maximum atomic E-state index is 13.0. The molecule has 1 unspecified atom stereocenters. The molecule has 2 aromatic rings. The highest BCUT2D eigenvalue weighted by molar-refractivity contribution is 6.42. The Balaban J connectivity index is 1.67. The Labute approximate surface area is 210 Å². The van der Waals surface area contributed by atoms with Crippen molar-refractivity contribution in [2.24, 2.45) is 5.92 Å². The summed E-state index contributed by atoms with van der Waals surface area (Å²) in [6.07, 6.45) is 0.146. The fraction of sp³-hybridized carbons (Fsp3) is 0.545. The molecule has 2 aliphatic rings. The third kappa shape index (κ3) is 5.20. The second kappa shape index (κ2) is 9.27. The predicted octanol–water partition coefficient (Wildman–Crippen LogP) is 3.38. The first-order valence-corrected chi connectivity index (χ1v) is 12.0. The van der Waals surface area contributed by atoms with E-state index in [1.54, 1.807) is 20.8 Å². The van der Waals surface area contributed by atoms with E-state index >= 15 is 0 Å². The van der Waals surface area contributed by atoms with Crippen LogP contribution in [0.1, 0.15) is 46.1 Å². The number of carbonyl (C=O) groups excluding carboxylic acids is 1. The van der Waals surface area contributed by atoms with E-state index in [2.05, 4.69) is 5.32 Å². The number of hydrogen-bond donors (Lipinski definition) is 3. The Morgan fingerprint density at radius 2 is 1.89 bits per heavy atom. The molecule has 1 aliphatic carbocycles. The van der Waals surface area contributed by atoms with E-state index in [1.165, 1.54) is 10.6 Å². The summed E-state index contributed by atoms with van der Waals surface area (Å²) in [5, 5.41) is 12.3. The van der Waals surface area contributed by atoms with Crippen molar-refractivity contribution in [2.45, 2.75) is 51.7 Å². The molecule has 13 heteroatoms. The Bertz CT molecular complexity index is 1310. The number of halogens is 2. The molecule has 2 heterocycles. The second-order valence-electron chi connectivity index (χ2n) is 9.84. The van der Waals surface area contributed by atoms with E-state index in [0.29, 0.717) is 42.8 Å². The summed E-state index contributed by atoms with van der Waals surface area (Å²) in [6, 6.07) is 1.23. The first-order valence-electron chi connectivity index (χ1n) is 11.3. The van der Waals surface area contributed by atoms with Gasteiger partial charge in [-0.15, -0.1) is 0 Å². The van der Waals surface area contributed by atoms with Crippen molar-refractivity contribution in [3.63, 3.8) is 0 Å². The predicted molar refractivity (Wildman–Crippen MR) is 133 cm³/mol. The van der Waals surface area contributed by atoms with Crippen molar-refractivity contribution in [3.8, 4) is 0 Å². The SMILES string of the molecule is CC(C)(C)OC(=O)NCC1CCN(c2c(Cl)cc3c(=O)n(NC(=O)O)c(=O)n(C4CC4)c3c2Cl)C1. The highest BCUT2D eigenvalue weighted by Gasteiger charge is 2.33. The number of ether oxygens (including phenoxy) is 1. The molecule has 2 fully saturated rings. The number of amides is 2. The zero-order valence-electron chi connectivity index (χ0n) is 19.6. The van der Waals surface area contributed by atoms with Gasteiger partial charge in [0.15, 0.2) is 0 Å². The number of nitrogens with one attached hydrogen (secondary N) is 2. The third-order valence-electron chi connectivity index (χ3n) is 5.90. The molecule has 3 N–H and O–H groups in total. The third-order valence-corrected chi connectivity index (χ3v) is 6.54. The second-order valence-corrected chi connectivity index (χ2v) is 10.6. The van der Waals surface area contributed by atoms with Gasteiger partial charge in [0.2, 0.25) is 0 Å². The van der Waals surface area contributed by atoms with E-state index in [4.69, 9.17) is 33.0 Å². The molecule has 0 spiro atoms. The molecular weight excluding hydrogens is 501 g/mol. The molecule has 0 radical (unpaired) electrons. The number of nitrogens with zero attached hydrogens (tertiary/aromatic N) is 3. The van der Waals surface area contributed by atoms with Gasteiger partial charge in [0.25, 0.3) is 5.56 Å². The van der Waals surface area contributed by atoms with Gasteiger partial charge in [-0.2, -0.15) is 4.68 Å². The molecular formula is C22H27Cl2N5O6. The summed E-state index contributed by atoms with van der Waals surface area (Å²) >= 11 is 13.4. The maximum absolute atomic E-state index is 13.0. The van der Waals surface area contributed by atoms with E-state index < -0.39 is 29.0 Å². The fourth-order valence-electron chi connectivity index (χ4n) is 4.31. The molecule has 1 saturated heterocycles. The van der Waals surface area contributed by atoms with Gasteiger partial charge >= 0.3 is 17.9 Å². The summed E-state index contributed by atoms with van der Waals surface area (Å²) in [6.45, 7) is 6.94. The van der Waals surface area contributed by atoms with Crippen molar-refractivity contribution >= 4 is 52.0 Å². The maximum Gasteiger partial charge on any atom is 0.424 e. The molecule has 1 aromatic carbocycles. The van der Waals surface area contributed by atoms with Crippen LogP contribution in [0.15, 0.2) is 15.7 Å². The van der Waals surface area contributed by atoms with Crippen molar-refractivity contribution < 1.29 is 19.4 Å². The number of fused-ring (bicyclic) bond motifs is 1. The summed E-state index contributed by atoms with van der Waals surface area (Å²) in [4.78, 5) is 51.1. The van der Waals surface area contributed by atoms with Crippen LogP contribution in [0, 0.1) is 5.92 Å². The van der Waals surface area contributed by atoms with Crippen LogP contribution >= 0.6 is 23.2 Å². The molecule has 1 saturated carbocycles. The lowest BCUT2D eigenvalue weighted by atomic mass is 10.1. The van der Waals surface area contributed by atoms with Gasteiger partial charge in [-0.05, 0) is 52.0 Å². The van der Waals surface area contributed by atoms with E-state index in [-0.39, 0.29) is 32.9 Å². The number of carboxylic acid groups (broad SMARTS) is 1. The van der Waals surface area contributed by atoms with Gasteiger partial charge in [-0.25, -0.2) is 19.8 Å². The molecule has 35 heavy (non-hydrogen) atoms. The first kappa shape index (κ1) is 25.2. The molecule has 4 rings (SSSR count). The number of carbonyl (C=O) groups is 2. The van der Waals surface area contributed by atoms with Crippen molar-refractivity contribution in [1.82, 2.24) is 14.6 Å². The number of benzene rings is 1. The summed E-state index contributed by atoms with van der Waals surface area (Å²) in [7, 11) is 0. The Morgan fingerprint density at radius 3 is 2.49 bits per heavy atom. The Hall–Kier alpha value is -2.92. The van der Waals surface area contributed by atoms with Crippen LogP contribution in [0.3, 0.4) is 0 Å². The number of alkyl carbamates (subject to hydrolysis) is 1. The van der Waals surface area contributed by atoms with Crippen molar-refractivity contribution in [3.05, 3.63) is 36.9 Å². The van der Waals surface area contributed by atoms with Crippen LogP contribution in [-0.2, 0) is 4.74 Å². The minimum absolute atomic E-state index is 0.0475. The largest absolute Gasteiger partial charge is 0.464 e. The Kier molecular flexibility index (Phi) is 6.67. The van der Waals surface area contributed by atoms with Crippen LogP contribution < -0.4 is 26.9 Å². The topological polar surface area (TPSA) is 135 Å². The van der Waals surface area contributed by atoms with Crippen molar-refractivity contribution in [2.75, 3.05) is 30.0 Å². The molecule has 190 valence electrons. The van der Waals surface area contributed by atoms with Crippen LogP contribution in [0.4, 0.5) is 15.3 Å². The van der Waals surface area contributed by atoms with E-state index in [9.17, 15) is 19.2 Å².